The van der Waals surface area contributed by atoms with Crippen LogP contribution in [0.4, 0.5) is 5.69 Å². The second-order valence-corrected chi connectivity index (χ2v) is 11.6. The second-order valence-electron chi connectivity index (χ2n) is 9.35. The molecular formula is C27H30N4O3S2. The van der Waals surface area contributed by atoms with Gasteiger partial charge < -0.3 is 15.5 Å². The molecule has 2 heterocycles. The Hall–Kier alpha value is -2.91. The summed E-state index contributed by atoms with van der Waals surface area (Å²) in [5.74, 6) is 0.00413. The Kier molecular flexibility index (Phi) is 7.87. The molecule has 188 valence electrons. The Labute approximate surface area is 219 Å². The van der Waals surface area contributed by atoms with Crippen molar-refractivity contribution in [2.75, 3.05) is 24.2 Å². The summed E-state index contributed by atoms with van der Waals surface area (Å²) in [7, 11) is 0. The lowest BCUT2D eigenvalue weighted by atomic mass is 9.95. The zero-order chi connectivity index (χ0) is 24.9. The minimum Gasteiger partial charge on any atom is -0.353 e. The van der Waals surface area contributed by atoms with Crippen LogP contribution in [0.15, 0.2) is 46.8 Å². The molecule has 7 nitrogen and oxygen atoms in total. The molecule has 1 aliphatic carbocycles. The fourth-order valence-electron chi connectivity index (χ4n) is 4.84. The van der Waals surface area contributed by atoms with Crippen molar-refractivity contribution in [2.45, 2.75) is 55.3 Å². The molecular weight excluding hydrogens is 492 g/mol. The molecule has 0 unspecified atom stereocenters. The summed E-state index contributed by atoms with van der Waals surface area (Å²) in [4.78, 5) is 44.8. The topological polar surface area (TPSA) is 91.4 Å². The highest BCUT2D eigenvalue weighted by molar-refractivity contribution is 8.01. The van der Waals surface area contributed by atoms with Crippen LogP contribution in [0.2, 0.25) is 0 Å². The van der Waals surface area contributed by atoms with Crippen LogP contribution >= 0.6 is 23.1 Å². The van der Waals surface area contributed by atoms with Crippen LogP contribution < -0.4 is 10.6 Å². The molecule has 2 fully saturated rings. The molecule has 0 bridgehead atoms. The van der Waals surface area contributed by atoms with Crippen molar-refractivity contribution in [3.63, 3.8) is 0 Å². The molecule has 1 saturated heterocycles. The number of nitrogens with zero attached hydrogens (tertiary/aromatic N) is 2. The van der Waals surface area contributed by atoms with Gasteiger partial charge in [-0.2, -0.15) is 0 Å². The molecule has 1 saturated carbocycles. The van der Waals surface area contributed by atoms with Crippen LogP contribution in [-0.4, -0.2) is 52.5 Å². The minimum absolute atomic E-state index is 0.0567. The number of benzene rings is 2. The number of amides is 3. The normalized spacial score (nSPS) is 16.3. The van der Waals surface area contributed by atoms with Gasteiger partial charge >= 0.3 is 0 Å². The maximum Gasteiger partial charge on any atom is 0.256 e. The predicted octanol–water partition coefficient (Wildman–Crippen LogP) is 5.33. The Morgan fingerprint density at radius 2 is 1.72 bits per heavy atom. The molecule has 9 heteroatoms. The number of hydrogen-bond donors (Lipinski definition) is 2. The number of aromatic nitrogens is 1. The third kappa shape index (κ3) is 5.90. The minimum atomic E-state index is -0.309. The Morgan fingerprint density at radius 1 is 0.972 bits per heavy atom. The second kappa shape index (κ2) is 11.4. The lowest BCUT2D eigenvalue weighted by Gasteiger charge is -2.22. The number of nitrogens with one attached hydrogen (secondary N) is 2. The number of rotatable bonds is 7. The summed E-state index contributed by atoms with van der Waals surface area (Å²) in [5, 5.41) is 6.08. The maximum absolute atomic E-state index is 13.1. The van der Waals surface area contributed by atoms with Gasteiger partial charge in [0.1, 0.15) is 0 Å². The monoisotopic (exact) mass is 522 g/mol. The van der Waals surface area contributed by atoms with Crippen molar-refractivity contribution in [3.8, 4) is 0 Å². The summed E-state index contributed by atoms with van der Waals surface area (Å²) in [6.45, 7) is 1.47. The van der Waals surface area contributed by atoms with Gasteiger partial charge in [-0.3, -0.25) is 14.4 Å². The molecule has 0 spiro atoms. The Morgan fingerprint density at radius 3 is 2.50 bits per heavy atom. The van der Waals surface area contributed by atoms with Crippen LogP contribution in [0.25, 0.3) is 10.2 Å². The fourth-order valence-corrected chi connectivity index (χ4v) is 6.76. The molecule has 0 atom stereocenters. The number of fused-ring (bicyclic) bond motifs is 1. The van der Waals surface area contributed by atoms with Gasteiger partial charge in [-0.25, -0.2) is 4.98 Å². The molecule has 36 heavy (non-hydrogen) atoms. The molecule has 2 aliphatic rings. The van der Waals surface area contributed by atoms with E-state index < -0.39 is 0 Å². The first kappa shape index (κ1) is 24.8. The fraction of sp³-hybridized carbons (Fsp3) is 0.407. The SMILES string of the molecule is O=C(CSc1nc2ccc(NC(=O)c3ccccc3C(=O)N3CCCC3)cc2s1)NC1CCCCC1. The number of hydrogen-bond acceptors (Lipinski definition) is 6. The van der Waals surface area contributed by atoms with Crippen molar-refractivity contribution in [1.82, 2.24) is 15.2 Å². The van der Waals surface area contributed by atoms with E-state index in [1.54, 1.807) is 24.3 Å². The highest BCUT2D eigenvalue weighted by Gasteiger charge is 2.24. The summed E-state index contributed by atoms with van der Waals surface area (Å²) in [6.07, 6.45) is 7.79. The number of carbonyl (C=O) groups excluding carboxylic acids is 3. The van der Waals surface area contributed by atoms with Crippen molar-refractivity contribution >= 4 is 56.7 Å². The number of thiazole rings is 1. The van der Waals surface area contributed by atoms with E-state index in [0.29, 0.717) is 28.6 Å². The molecule has 1 aliphatic heterocycles. The largest absolute Gasteiger partial charge is 0.353 e. The van der Waals surface area contributed by atoms with Gasteiger partial charge in [0.15, 0.2) is 4.34 Å². The summed E-state index contributed by atoms with van der Waals surface area (Å²) in [5.41, 5.74) is 2.28. The third-order valence-corrected chi connectivity index (χ3v) is 8.88. The molecule has 2 aromatic carbocycles. The number of likely N-dealkylation sites (tertiary alicyclic amines) is 1. The van der Waals surface area contributed by atoms with E-state index >= 15 is 0 Å². The lowest BCUT2D eigenvalue weighted by molar-refractivity contribution is -0.119. The van der Waals surface area contributed by atoms with E-state index in [1.807, 2.05) is 23.1 Å². The first-order valence-electron chi connectivity index (χ1n) is 12.6. The average Bonchev–Trinajstić information content (AvgIpc) is 3.58. The molecule has 3 amide bonds. The van der Waals surface area contributed by atoms with Gasteiger partial charge in [-0.1, -0.05) is 43.2 Å². The van der Waals surface area contributed by atoms with Gasteiger partial charge in [-0.15, -0.1) is 11.3 Å². The highest BCUT2D eigenvalue weighted by Crippen LogP contribution is 2.31. The lowest BCUT2D eigenvalue weighted by Crippen LogP contribution is -2.37. The van der Waals surface area contributed by atoms with E-state index in [9.17, 15) is 14.4 Å². The quantitative estimate of drug-likeness (QED) is 0.410. The van der Waals surface area contributed by atoms with Crippen LogP contribution in [0, 0.1) is 0 Å². The average molecular weight is 523 g/mol. The van der Waals surface area contributed by atoms with Crippen molar-refractivity contribution in [2.24, 2.45) is 0 Å². The summed E-state index contributed by atoms with van der Waals surface area (Å²) in [6, 6.07) is 12.9. The molecule has 0 radical (unpaired) electrons. The van der Waals surface area contributed by atoms with Gasteiger partial charge in [0.25, 0.3) is 11.8 Å². The number of thioether (sulfide) groups is 1. The first-order valence-corrected chi connectivity index (χ1v) is 14.4. The van der Waals surface area contributed by atoms with Crippen LogP contribution in [-0.2, 0) is 4.79 Å². The molecule has 1 aromatic heterocycles. The van der Waals surface area contributed by atoms with Crippen molar-refractivity contribution in [3.05, 3.63) is 53.6 Å². The van der Waals surface area contributed by atoms with E-state index in [0.717, 1.165) is 53.3 Å². The van der Waals surface area contributed by atoms with E-state index in [-0.39, 0.29) is 17.7 Å². The number of anilines is 1. The maximum atomic E-state index is 13.1. The van der Waals surface area contributed by atoms with Crippen LogP contribution in [0.5, 0.6) is 0 Å². The van der Waals surface area contributed by atoms with E-state index in [2.05, 4.69) is 15.6 Å². The van der Waals surface area contributed by atoms with Gasteiger partial charge in [0, 0.05) is 24.8 Å². The zero-order valence-electron chi connectivity index (χ0n) is 20.1. The molecule has 5 rings (SSSR count). The Bertz CT molecular complexity index is 1260. The molecule has 2 N–H and O–H groups in total. The van der Waals surface area contributed by atoms with E-state index in [4.69, 9.17) is 0 Å². The first-order chi connectivity index (χ1) is 17.6. The standard InChI is InChI=1S/C27H30N4O3S2/c32-24(28-18-8-2-1-3-9-18)17-35-27-30-22-13-12-19(16-23(22)36-27)29-25(33)20-10-4-5-11-21(20)26(34)31-14-6-7-15-31/h4-5,10-13,16,18H,1-3,6-9,14-15,17H2,(H,28,32)(H,29,33). The highest BCUT2D eigenvalue weighted by atomic mass is 32.2. The molecule has 3 aromatic rings. The Balaban J connectivity index is 1.22. The predicted molar refractivity (Wildman–Crippen MR) is 145 cm³/mol. The smallest absolute Gasteiger partial charge is 0.256 e. The van der Waals surface area contributed by atoms with Crippen molar-refractivity contribution < 1.29 is 14.4 Å². The van der Waals surface area contributed by atoms with Gasteiger partial charge in [-0.05, 0) is 56.0 Å². The van der Waals surface area contributed by atoms with Crippen molar-refractivity contribution in [1.29, 1.82) is 0 Å². The summed E-state index contributed by atoms with van der Waals surface area (Å²) >= 11 is 2.95. The van der Waals surface area contributed by atoms with Gasteiger partial charge in [0.05, 0.1) is 27.1 Å². The van der Waals surface area contributed by atoms with Crippen LogP contribution in [0.1, 0.15) is 65.7 Å². The third-order valence-electron chi connectivity index (χ3n) is 6.72. The summed E-state index contributed by atoms with van der Waals surface area (Å²) < 4.78 is 1.76. The van der Waals surface area contributed by atoms with Crippen LogP contribution in [0.3, 0.4) is 0 Å². The van der Waals surface area contributed by atoms with Gasteiger partial charge in [0.2, 0.25) is 5.91 Å². The van der Waals surface area contributed by atoms with E-state index in [1.165, 1.54) is 42.4 Å². The number of carbonyl (C=O) groups is 3. The zero-order valence-corrected chi connectivity index (χ0v) is 21.8.